The summed E-state index contributed by atoms with van der Waals surface area (Å²) < 4.78 is 30.5. The van der Waals surface area contributed by atoms with Gasteiger partial charge in [0.05, 0.1) is 12.0 Å². The van der Waals surface area contributed by atoms with Crippen LogP contribution >= 0.6 is 11.6 Å². The van der Waals surface area contributed by atoms with Crippen LogP contribution in [0.15, 0.2) is 29.2 Å². The molecule has 198 valence electrons. The van der Waals surface area contributed by atoms with Gasteiger partial charge in [-0.05, 0) is 64.2 Å². The summed E-state index contributed by atoms with van der Waals surface area (Å²) in [5.41, 5.74) is 0. The molecule has 0 spiro atoms. The highest BCUT2D eigenvalue weighted by Gasteiger charge is 2.25. The Morgan fingerprint density at radius 2 is 1.47 bits per heavy atom. The number of rotatable bonds is 9. The Labute approximate surface area is 213 Å². The molecule has 2 rings (SSSR count). The lowest BCUT2D eigenvalue weighted by Crippen LogP contribution is -2.35. The molecule has 7 nitrogen and oxygen atoms in total. The van der Waals surface area contributed by atoms with Gasteiger partial charge in [-0.3, -0.25) is 0 Å². The lowest BCUT2D eigenvalue weighted by Gasteiger charge is -2.25. The van der Waals surface area contributed by atoms with Gasteiger partial charge in [-0.15, -0.1) is 0 Å². The quantitative estimate of drug-likeness (QED) is 0.389. The van der Waals surface area contributed by atoms with Crippen molar-refractivity contribution in [2.24, 2.45) is 0 Å². The fraction of sp³-hybridized carbons (Fsp3) is 0.720. The SMILES string of the molecule is CCCCCC.COC(=O)N(C)CCCN(C)C.O=S(=O)(c1ccc(Cl)cc1)N1CCCCC1. The number of benzene rings is 1. The van der Waals surface area contributed by atoms with Crippen LogP contribution in [-0.4, -0.2) is 83.0 Å². The van der Waals surface area contributed by atoms with Crippen LogP contribution in [0, 0.1) is 0 Å². The number of carbonyl (C=O) groups excluding carboxylic acids is 1. The summed E-state index contributed by atoms with van der Waals surface area (Å²) in [7, 11) is 3.85. The van der Waals surface area contributed by atoms with E-state index in [0.29, 0.717) is 23.0 Å². The molecule has 1 aromatic carbocycles. The number of amides is 1. The van der Waals surface area contributed by atoms with Crippen molar-refractivity contribution in [1.29, 1.82) is 0 Å². The monoisotopic (exact) mass is 519 g/mol. The largest absolute Gasteiger partial charge is 0.453 e. The third-order valence-corrected chi connectivity index (χ3v) is 7.47. The zero-order valence-electron chi connectivity index (χ0n) is 22.1. The van der Waals surface area contributed by atoms with Crippen molar-refractivity contribution < 1.29 is 17.9 Å². The van der Waals surface area contributed by atoms with Gasteiger partial charge < -0.3 is 14.5 Å². The molecule has 0 unspecified atom stereocenters. The standard InChI is InChI=1S/C11H14ClNO2S.C8H18N2O2.C6H14/c12-10-4-6-11(7-5-10)16(14,15)13-8-2-1-3-9-13;1-9(2)6-5-7-10(3)8(11)12-4;1-3-5-6-4-2/h4-7H,1-3,8-9H2;5-7H2,1-4H3;3-6H2,1-2H3. The van der Waals surface area contributed by atoms with E-state index in [0.717, 1.165) is 38.8 Å². The zero-order valence-corrected chi connectivity index (χ0v) is 23.6. The van der Waals surface area contributed by atoms with E-state index in [1.54, 1.807) is 40.5 Å². The number of sulfonamides is 1. The first-order valence-corrected chi connectivity index (χ1v) is 14.1. The number of halogens is 1. The van der Waals surface area contributed by atoms with Gasteiger partial charge in [0, 0.05) is 31.7 Å². The Kier molecular flexibility index (Phi) is 18.2. The molecular formula is C25H46ClN3O4S. The number of hydrogen-bond acceptors (Lipinski definition) is 5. The van der Waals surface area contributed by atoms with Crippen molar-refractivity contribution in [2.45, 2.75) is 70.1 Å². The normalized spacial score (nSPS) is 13.9. The second-order valence-corrected chi connectivity index (χ2v) is 11.0. The third kappa shape index (κ3) is 14.1. The van der Waals surface area contributed by atoms with Crippen molar-refractivity contribution in [3.05, 3.63) is 29.3 Å². The van der Waals surface area contributed by atoms with Gasteiger partial charge in [-0.2, -0.15) is 4.31 Å². The van der Waals surface area contributed by atoms with E-state index in [1.165, 1.54) is 32.8 Å². The Balaban J connectivity index is 0.000000536. The summed E-state index contributed by atoms with van der Waals surface area (Å²) in [5, 5.41) is 0.553. The lowest BCUT2D eigenvalue weighted by atomic mass is 10.2. The lowest BCUT2D eigenvalue weighted by molar-refractivity contribution is 0.132. The van der Waals surface area contributed by atoms with E-state index in [-0.39, 0.29) is 6.09 Å². The molecule has 34 heavy (non-hydrogen) atoms. The minimum Gasteiger partial charge on any atom is -0.453 e. The summed E-state index contributed by atoms with van der Waals surface area (Å²) in [6, 6.07) is 6.34. The molecular weight excluding hydrogens is 474 g/mol. The summed E-state index contributed by atoms with van der Waals surface area (Å²) in [6.07, 6.45) is 9.26. The molecule has 1 aliphatic rings. The van der Waals surface area contributed by atoms with Crippen molar-refractivity contribution in [3.8, 4) is 0 Å². The van der Waals surface area contributed by atoms with E-state index in [1.807, 2.05) is 14.1 Å². The minimum absolute atomic E-state index is 0.270. The maximum absolute atomic E-state index is 12.2. The minimum atomic E-state index is -3.30. The molecule has 0 aliphatic carbocycles. The van der Waals surface area contributed by atoms with Gasteiger partial charge in [0.25, 0.3) is 0 Å². The molecule has 9 heteroatoms. The Morgan fingerprint density at radius 1 is 0.941 bits per heavy atom. The van der Waals surface area contributed by atoms with E-state index in [9.17, 15) is 13.2 Å². The summed E-state index contributed by atoms with van der Waals surface area (Å²) in [4.78, 5) is 14.9. The van der Waals surface area contributed by atoms with Crippen molar-refractivity contribution in [1.82, 2.24) is 14.1 Å². The molecule has 1 fully saturated rings. The van der Waals surface area contributed by atoms with E-state index < -0.39 is 10.0 Å². The number of methoxy groups -OCH3 is 1. The maximum atomic E-state index is 12.2. The van der Waals surface area contributed by atoms with Gasteiger partial charge in [0.2, 0.25) is 10.0 Å². The fourth-order valence-electron chi connectivity index (χ4n) is 3.23. The van der Waals surface area contributed by atoms with E-state index in [2.05, 4.69) is 23.5 Å². The predicted molar refractivity (Wildman–Crippen MR) is 142 cm³/mol. The van der Waals surface area contributed by atoms with Crippen LogP contribution in [-0.2, 0) is 14.8 Å². The first-order valence-electron chi connectivity index (χ1n) is 12.3. The van der Waals surface area contributed by atoms with E-state index in [4.69, 9.17) is 11.6 Å². The Morgan fingerprint density at radius 3 is 1.91 bits per heavy atom. The number of unbranched alkanes of at least 4 members (excludes halogenated alkanes) is 3. The van der Waals surface area contributed by atoms with Crippen LogP contribution in [0.5, 0.6) is 0 Å². The average Bonchev–Trinajstić information content (AvgIpc) is 2.83. The molecule has 0 bridgehead atoms. The van der Waals surface area contributed by atoms with Crippen LogP contribution in [0.3, 0.4) is 0 Å². The molecule has 1 aromatic rings. The summed E-state index contributed by atoms with van der Waals surface area (Å²) in [5.74, 6) is 0. The van der Waals surface area contributed by atoms with Gasteiger partial charge in [0.1, 0.15) is 0 Å². The fourth-order valence-corrected chi connectivity index (χ4v) is 4.88. The number of carbonyl (C=O) groups is 1. The van der Waals surface area contributed by atoms with Crippen LogP contribution in [0.2, 0.25) is 5.02 Å². The van der Waals surface area contributed by atoms with Crippen molar-refractivity contribution in [2.75, 3.05) is 54.4 Å². The summed E-state index contributed by atoms with van der Waals surface area (Å²) >= 11 is 5.74. The van der Waals surface area contributed by atoms with Crippen LogP contribution < -0.4 is 0 Å². The smallest absolute Gasteiger partial charge is 0.409 e. The van der Waals surface area contributed by atoms with Gasteiger partial charge in [-0.25, -0.2) is 13.2 Å². The molecule has 1 amide bonds. The topological polar surface area (TPSA) is 70.2 Å². The number of piperidine rings is 1. The second kappa shape index (κ2) is 18.9. The first kappa shape index (κ1) is 32.7. The molecule has 0 radical (unpaired) electrons. The highest BCUT2D eigenvalue weighted by Crippen LogP contribution is 2.21. The highest BCUT2D eigenvalue weighted by molar-refractivity contribution is 7.89. The van der Waals surface area contributed by atoms with Crippen molar-refractivity contribution in [3.63, 3.8) is 0 Å². The molecule has 1 saturated heterocycles. The zero-order chi connectivity index (χ0) is 26.0. The second-order valence-electron chi connectivity index (χ2n) is 8.67. The van der Waals surface area contributed by atoms with Gasteiger partial charge in [0.15, 0.2) is 0 Å². The molecule has 0 atom stereocenters. The molecule has 0 saturated carbocycles. The summed E-state index contributed by atoms with van der Waals surface area (Å²) in [6.45, 7) is 7.45. The molecule has 0 aromatic heterocycles. The number of nitrogens with zero attached hydrogens (tertiary/aromatic N) is 3. The van der Waals surface area contributed by atoms with Gasteiger partial charge in [-0.1, -0.05) is 57.6 Å². The number of hydrogen-bond donors (Lipinski definition) is 0. The molecule has 0 N–H and O–H groups in total. The molecule has 1 heterocycles. The van der Waals surface area contributed by atoms with Gasteiger partial charge >= 0.3 is 6.09 Å². The average molecular weight is 520 g/mol. The number of ether oxygens (including phenoxy) is 1. The van der Waals surface area contributed by atoms with Crippen LogP contribution in [0.4, 0.5) is 4.79 Å². The van der Waals surface area contributed by atoms with E-state index >= 15 is 0 Å². The Bertz CT molecular complexity index is 748. The third-order valence-electron chi connectivity index (χ3n) is 5.31. The van der Waals surface area contributed by atoms with Crippen molar-refractivity contribution >= 4 is 27.7 Å². The van der Waals surface area contributed by atoms with Crippen LogP contribution in [0.25, 0.3) is 0 Å². The Hall–Kier alpha value is -1.35. The predicted octanol–water partition coefficient (Wildman–Crippen LogP) is 5.74. The maximum Gasteiger partial charge on any atom is 0.409 e. The van der Waals surface area contributed by atoms with Crippen LogP contribution in [0.1, 0.15) is 65.2 Å². The first-order chi connectivity index (χ1) is 16.1. The molecule has 1 aliphatic heterocycles. The highest BCUT2D eigenvalue weighted by atomic mass is 35.5.